The average molecular weight is 377 g/mol. The van der Waals surface area contributed by atoms with Crippen LogP contribution < -0.4 is 5.32 Å². The fourth-order valence-corrected chi connectivity index (χ4v) is 3.22. The van der Waals surface area contributed by atoms with E-state index in [0.29, 0.717) is 34.5 Å². The van der Waals surface area contributed by atoms with Gasteiger partial charge in [0.25, 0.3) is 5.91 Å². The maximum atomic E-state index is 14.3. The number of nitrogens with one attached hydrogen (secondary N) is 1. The number of anilines is 1. The monoisotopic (exact) mass is 377 g/mol. The molecule has 140 valence electrons. The molecule has 1 aliphatic rings. The van der Waals surface area contributed by atoms with Crippen LogP contribution in [0.4, 0.5) is 10.1 Å². The maximum absolute atomic E-state index is 14.3. The van der Waals surface area contributed by atoms with E-state index in [0.717, 1.165) is 12.8 Å². The van der Waals surface area contributed by atoms with Crippen molar-refractivity contribution in [3.05, 3.63) is 66.2 Å². The lowest BCUT2D eigenvalue weighted by atomic mass is 9.85. The van der Waals surface area contributed by atoms with Crippen molar-refractivity contribution in [1.29, 1.82) is 0 Å². The molecule has 0 radical (unpaired) electrons. The molecule has 0 atom stereocenters. The number of hydrogen-bond donors (Lipinski definition) is 1. The molecule has 4 aromatic rings. The first-order valence-corrected chi connectivity index (χ1v) is 9.06. The quantitative estimate of drug-likeness (QED) is 0.580. The number of rotatable bonds is 4. The van der Waals surface area contributed by atoms with Gasteiger partial charge in [-0.2, -0.15) is 4.98 Å². The maximum Gasteiger partial charge on any atom is 0.274 e. The summed E-state index contributed by atoms with van der Waals surface area (Å²) in [5.74, 6) is 0.303. The predicted octanol–water partition coefficient (Wildman–Crippen LogP) is 4.04. The molecule has 3 aromatic heterocycles. The average Bonchev–Trinajstić information content (AvgIpc) is 3.29. The Hall–Kier alpha value is -3.55. The molecular weight excluding hydrogens is 361 g/mol. The summed E-state index contributed by atoms with van der Waals surface area (Å²) in [5, 5.41) is 6.60. The van der Waals surface area contributed by atoms with Crippen LogP contribution in [0.3, 0.4) is 0 Å². The first kappa shape index (κ1) is 16.6. The fraction of sp³-hybridized carbons (Fsp3) is 0.200. The van der Waals surface area contributed by atoms with Crippen LogP contribution in [0.5, 0.6) is 0 Å². The number of pyridine rings is 1. The van der Waals surface area contributed by atoms with E-state index in [9.17, 15) is 9.18 Å². The number of imidazole rings is 1. The number of aromatic nitrogens is 4. The third-order valence-electron chi connectivity index (χ3n) is 5.02. The predicted molar refractivity (Wildman–Crippen MR) is 99.4 cm³/mol. The van der Waals surface area contributed by atoms with E-state index in [2.05, 4.69) is 20.4 Å². The third-order valence-corrected chi connectivity index (χ3v) is 5.02. The van der Waals surface area contributed by atoms with Crippen LogP contribution in [-0.2, 0) is 0 Å². The van der Waals surface area contributed by atoms with Gasteiger partial charge in [-0.15, -0.1) is 0 Å². The topological polar surface area (TPSA) is 85.3 Å². The lowest BCUT2D eigenvalue weighted by Crippen LogP contribution is -2.15. The van der Waals surface area contributed by atoms with Crippen molar-refractivity contribution in [3.8, 4) is 11.4 Å². The summed E-state index contributed by atoms with van der Waals surface area (Å²) >= 11 is 0. The molecule has 8 heteroatoms. The Morgan fingerprint density at radius 1 is 1.25 bits per heavy atom. The largest absolute Gasteiger partial charge is 0.339 e. The number of hydrogen-bond acceptors (Lipinski definition) is 5. The molecule has 1 amide bonds. The Morgan fingerprint density at radius 2 is 2.14 bits per heavy atom. The van der Waals surface area contributed by atoms with Gasteiger partial charge >= 0.3 is 0 Å². The van der Waals surface area contributed by atoms with Crippen molar-refractivity contribution in [3.63, 3.8) is 0 Å². The highest BCUT2D eigenvalue weighted by atomic mass is 19.1. The van der Waals surface area contributed by atoms with Crippen molar-refractivity contribution in [1.82, 2.24) is 19.5 Å². The first-order chi connectivity index (χ1) is 13.7. The fourth-order valence-electron chi connectivity index (χ4n) is 3.22. The number of amides is 1. The van der Waals surface area contributed by atoms with Gasteiger partial charge in [-0.1, -0.05) is 17.6 Å². The molecule has 1 N–H and O–H groups in total. The molecular formula is C20H16FN5O2. The summed E-state index contributed by atoms with van der Waals surface area (Å²) < 4.78 is 21.3. The molecule has 28 heavy (non-hydrogen) atoms. The standard InChI is InChI=1S/C20H16FN5O2/c21-14-8-7-13(18-24-20(28-25-18)12-4-3-5-12)10-15(14)23-19(27)16-11-22-17-6-1-2-9-26(16)17/h1-2,6-12H,3-5H2,(H,23,27). The van der Waals surface area contributed by atoms with Gasteiger partial charge in [0.05, 0.1) is 11.9 Å². The van der Waals surface area contributed by atoms with E-state index in [4.69, 9.17) is 4.52 Å². The summed E-state index contributed by atoms with van der Waals surface area (Å²) in [4.78, 5) is 21.2. The van der Waals surface area contributed by atoms with E-state index in [1.54, 1.807) is 28.8 Å². The Kier molecular flexibility index (Phi) is 3.89. The molecule has 7 nitrogen and oxygen atoms in total. The lowest BCUT2D eigenvalue weighted by Gasteiger charge is -2.20. The second kappa shape index (κ2) is 6.56. The van der Waals surface area contributed by atoms with Gasteiger partial charge in [-0.25, -0.2) is 9.37 Å². The van der Waals surface area contributed by atoms with E-state index >= 15 is 0 Å². The minimum Gasteiger partial charge on any atom is -0.339 e. The van der Waals surface area contributed by atoms with Crippen LogP contribution in [0.25, 0.3) is 17.0 Å². The summed E-state index contributed by atoms with van der Waals surface area (Å²) in [5.41, 5.74) is 1.57. The van der Waals surface area contributed by atoms with Gasteiger partial charge < -0.3 is 9.84 Å². The number of benzene rings is 1. The molecule has 1 fully saturated rings. The van der Waals surface area contributed by atoms with Gasteiger partial charge in [-0.05, 0) is 43.2 Å². The zero-order valence-corrected chi connectivity index (χ0v) is 14.8. The molecule has 0 saturated heterocycles. The minimum atomic E-state index is -0.548. The van der Waals surface area contributed by atoms with E-state index < -0.39 is 11.7 Å². The van der Waals surface area contributed by atoms with Gasteiger partial charge in [0.1, 0.15) is 17.2 Å². The van der Waals surface area contributed by atoms with Crippen LogP contribution >= 0.6 is 0 Å². The molecule has 1 aromatic carbocycles. The highest BCUT2D eigenvalue weighted by Gasteiger charge is 2.26. The van der Waals surface area contributed by atoms with Crippen LogP contribution in [-0.4, -0.2) is 25.4 Å². The Morgan fingerprint density at radius 3 is 2.96 bits per heavy atom. The smallest absolute Gasteiger partial charge is 0.274 e. The molecule has 1 saturated carbocycles. The molecule has 0 aliphatic heterocycles. The summed E-state index contributed by atoms with van der Waals surface area (Å²) in [7, 11) is 0. The SMILES string of the molecule is O=C(Nc1cc(-c2noc(C3CCC3)n2)ccc1F)c1cnc2ccccn12. The summed E-state index contributed by atoms with van der Waals surface area (Å²) in [6, 6.07) is 9.76. The van der Waals surface area contributed by atoms with Gasteiger partial charge in [-0.3, -0.25) is 9.20 Å². The lowest BCUT2D eigenvalue weighted by molar-refractivity contribution is 0.102. The van der Waals surface area contributed by atoms with Crippen molar-refractivity contribution < 1.29 is 13.7 Å². The van der Waals surface area contributed by atoms with Crippen molar-refractivity contribution in [2.24, 2.45) is 0 Å². The van der Waals surface area contributed by atoms with E-state index in [-0.39, 0.29) is 5.69 Å². The Bertz CT molecular complexity index is 1180. The number of nitrogens with zero attached hydrogens (tertiary/aromatic N) is 4. The Labute approximate surface area is 159 Å². The van der Waals surface area contributed by atoms with E-state index in [1.807, 2.05) is 6.07 Å². The molecule has 5 rings (SSSR count). The molecule has 0 spiro atoms. The molecule has 3 heterocycles. The number of fused-ring (bicyclic) bond motifs is 1. The van der Waals surface area contributed by atoms with E-state index in [1.165, 1.54) is 24.8 Å². The second-order valence-electron chi connectivity index (χ2n) is 6.81. The number of carbonyl (C=O) groups excluding carboxylic acids is 1. The third kappa shape index (κ3) is 2.83. The van der Waals surface area contributed by atoms with Crippen LogP contribution in [0.1, 0.15) is 41.6 Å². The van der Waals surface area contributed by atoms with Crippen molar-refractivity contribution in [2.75, 3.05) is 5.32 Å². The van der Waals surface area contributed by atoms with Crippen LogP contribution in [0.2, 0.25) is 0 Å². The van der Waals surface area contributed by atoms with Gasteiger partial charge in [0, 0.05) is 17.7 Å². The zero-order valence-electron chi connectivity index (χ0n) is 14.8. The zero-order chi connectivity index (χ0) is 19.1. The van der Waals surface area contributed by atoms with Crippen molar-refractivity contribution >= 4 is 17.2 Å². The molecule has 0 bridgehead atoms. The van der Waals surface area contributed by atoms with Crippen molar-refractivity contribution in [2.45, 2.75) is 25.2 Å². The normalized spacial score (nSPS) is 14.2. The second-order valence-corrected chi connectivity index (χ2v) is 6.81. The highest BCUT2D eigenvalue weighted by molar-refractivity contribution is 6.03. The molecule has 0 unspecified atom stereocenters. The highest BCUT2D eigenvalue weighted by Crippen LogP contribution is 2.36. The van der Waals surface area contributed by atoms with Crippen LogP contribution in [0, 0.1) is 5.82 Å². The van der Waals surface area contributed by atoms with Gasteiger partial charge in [0.2, 0.25) is 11.7 Å². The number of halogens is 1. The number of carbonyl (C=O) groups is 1. The first-order valence-electron chi connectivity index (χ1n) is 9.06. The summed E-state index contributed by atoms with van der Waals surface area (Å²) in [6.07, 6.45) is 6.44. The van der Waals surface area contributed by atoms with Gasteiger partial charge in [0.15, 0.2) is 0 Å². The Balaban J connectivity index is 1.43. The van der Waals surface area contributed by atoms with Crippen LogP contribution in [0.15, 0.2) is 53.3 Å². The molecule has 1 aliphatic carbocycles. The minimum absolute atomic E-state index is 0.0448. The summed E-state index contributed by atoms with van der Waals surface area (Å²) in [6.45, 7) is 0.